The van der Waals surface area contributed by atoms with Crippen LogP contribution in [0.15, 0.2) is 42.5 Å². The van der Waals surface area contributed by atoms with E-state index in [9.17, 15) is 9.59 Å². The lowest BCUT2D eigenvalue weighted by atomic mass is 10.1. The van der Waals surface area contributed by atoms with Crippen molar-refractivity contribution in [2.45, 2.75) is 58.7 Å². The van der Waals surface area contributed by atoms with Gasteiger partial charge in [0.25, 0.3) is 5.91 Å². The fraction of sp³-hybridized carbons (Fsp3) is 0.417. The number of carbonyl (C=O) groups excluding carboxylic acids is 2. The third kappa shape index (κ3) is 4.93. The number of hydrogen-bond acceptors (Lipinski definition) is 4. The van der Waals surface area contributed by atoms with Crippen molar-refractivity contribution in [2.24, 2.45) is 0 Å². The van der Waals surface area contributed by atoms with E-state index in [-0.39, 0.29) is 24.3 Å². The molecule has 0 spiro atoms. The molecule has 2 amide bonds. The van der Waals surface area contributed by atoms with Crippen molar-refractivity contribution in [2.75, 3.05) is 12.4 Å². The van der Waals surface area contributed by atoms with Crippen LogP contribution in [0.1, 0.15) is 44.7 Å². The van der Waals surface area contributed by atoms with Crippen LogP contribution >= 0.6 is 0 Å². The van der Waals surface area contributed by atoms with E-state index < -0.39 is 6.10 Å². The molecule has 2 atom stereocenters. The fourth-order valence-electron chi connectivity index (χ4n) is 3.53. The average Bonchev–Trinajstić information content (AvgIpc) is 2.89. The van der Waals surface area contributed by atoms with Gasteiger partial charge in [0.2, 0.25) is 5.91 Å². The van der Waals surface area contributed by atoms with Gasteiger partial charge >= 0.3 is 0 Å². The van der Waals surface area contributed by atoms with Crippen molar-refractivity contribution in [3.8, 4) is 11.5 Å². The van der Waals surface area contributed by atoms with Gasteiger partial charge in [0.15, 0.2) is 6.10 Å². The summed E-state index contributed by atoms with van der Waals surface area (Å²) in [7, 11) is 1.61. The number of methoxy groups -OCH3 is 1. The number of benzene rings is 2. The quantitative estimate of drug-likeness (QED) is 0.744. The Morgan fingerprint density at radius 2 is 1.97 bits per heavy atom. The Labute approximate surface area is 178 Å². The monoisotopic (exact) mass is 410 g/mol. The van der Waals surface area contributed by atoms with E-state index in [1.165, 1.54) is 0 Å². The number of carbonyl (C=O) groups is 2. The van der Waals surface area contributed by atoms with Crippen LogP contribution in [0.5, 0.6) is 11.5 Å². The molecule has 0 saturated heterocycles. The Hall–Kier alpha value is -3.02. The molecule has 160 valence electrons. The maximum atomic E-state index is 12.9. The number of fused-ring (bicyclic) bond motifs is 1. The molecule has 0 radical (unpaired) electrons. The van der Waals surface area contributed by atoms with Gasteiger partial charge in [-0.25, -0.2) is 0 Å². The Morgan fingerprint density at radius 1 is 1.23 bits per heavy atom. The average molecular weight is 411 g/mol. The second-order valence-corrected chi connectivity index (χ2v) is 7.63. The van der Waals surface area contributed by atoms with Gasteiger partial charge in [-0.3, -0.25) is 9.59 Å². The number of amides is 2. The first-order chi connectivity index (χ1) is 14.4. The molecule has 0 fully saturated rings. The molecule has 1 aliphatic rings. The van der Waals surface area contributed by atoms with Crippen LogP contribution < -0.4 is 14.8 Å². The van der Waals surface area contributed by atoms with Crippen LogP contribution in [0.3, 0.4) is 0 Å². The summed E-state index contributed by atoms with van der Waals surface area (Å²) < 4.78 is 11.2. The largest absolute Gasteiger partial charge is 0.497 e. The lowest BCUT2D eigenvalue weighted by Gasteiger charge is -2.28. The molecular weight excluding hydrogens is 380 g/mol. The molecule has 3 rings (SSSR count). The Morgan fingerprint density at radius 3 is 2.60 bits per heavy atom. The van der Waals surface area contributed by atoms with E-state index in [0.717, 1.165) is 23.3 Å². The Bertz CT molecular complexity index is 895. The third-order valence-corrected chi connectivity index (χ3v) is 5.53. The number of ether oxygens (including phenoxy) is 2. The van der Waals surface area contributed by atoms with Crippen LogP contribution in [0.25, 0.3) is 0 Å². The molecule has 1 aliphatic heterocycles. The maximum absolute atomic E-state index is 12.9. The molecular formula is C24H30N2O4. The van der Waals surface area contributed by atoms with Crippen molar-refractivity contribution in [3.63, 3.8) is 0 Å². The maximum Gasteiger partial charge on any atom is 0.264 e. The number of rotatable bonds is 7. The van der Waals surface area contributed by atoms with Gasteiger partial charge in [-0.15, -0.1) is 0 Å². The normalized spacial score (nSPS) is 16.9. The van der Waals surface area contributed by atoms with Crippen LogP contribution in [0.2, 0.25) is 0 Å². The molecule has 2 aromatic rings. The van der Waals surface area contributed by atoms with Gasteiger partial charge < -0.3 is 19.7 Å². The minimum atomic E-state index is -0.476. The van der Waals surface area contributed by atoms with Gasteiger partial charge in [0, 0.05) is 23.8 Å². The second kappa shape index (κ2) is 9.65. The summed E-state index contributed by atoms with van der Waals surface area (Å²) in [6, 6.07) is 13.1. The standard InChI is InChI=1S/C24H30N2O4/c1-5-16(3)26-15-18-14-19(9-12-22(18)30-21(6-2)24(26)28)25-23(27)13-17-7-10-20(29-4)11-8-17/h7-12,14,16,21H,5-6,13,15H2,1-4H3,(H,25,27)/t16-,21+/m1/s1. The van der Waals surface area contributed by atoms with Crippen molar-refractivity contribution < 1.29 is 19.1 Å². The zero-order valence-corrected chi connectivity index (χ0v) is 18.1. The van der Waals surface area contributed by atoms with Crippen LogP contribution in [-0.2, 0) is 22.6 Å². The van der Waals surface area contributed by atoms with Crippen LogP contribution in [0.4, 0.5) is 5.69 Å². The van der Waals surface area contributed by atoms with E-state index >= 15 is 0 Å². The van der Waals surface area contributed by atoms with E-state index in [1.54, 1.807) is 7.11 Å². The highest BCUT2D eigenvalue weighted by Crippen LogP contribution is 2.30. The number of nitrogens with zero attached hydrogens (tertiary/aromatic N) is 1. The Kier molecular flexibility index (Phi) is 6.98. The van der Waals surface area contributed by atoms with E-state index in [0.29, 0.717) is 24.4 Å². The number of anilines is 1. The van der Waals surface area contributed by atoms with Crippen molar-refractivity contribution >= 4 is 17.5 Å². The number of hydrogen-bond donors (Lipinski definition) is 1. The van der Waals surface area contributed by atoms with E-state index in [1.807, 2.05) is 54.3 Å². The van der Waals surface area contributed by atoms with Crippen LogP contribution in [0, 0.1) is 0 Å². The lowest BCUT2D eigenvalue weighted by Crippen LogP contribution is -2.43. The molecule has 0 bridgehead atoms. The highest BCUT2D eigenvalue weighted by molar-refractivity contribution is 5.92. The van der Waals surface area contributed by atoms with Crippen LogP contribution in [-0.4, -0.2) is 36.0 Å². The SMILES string of the molecule is CC[C@@H]1Oc2ccc(NC(=O)Cc3ccc(OC)cc3)cc2CN([C@H](C)CC)C1=O. The molecule has 6 heteroatoms. The molecule has 6 nitrogen and oxygen atoms in total. The topological polar surface area (TPSA) is 67.9 Å². The first-order valence-electron chi connectivity index (χ1n) is 10.5. The molecule has 1 heterocycles. The minimum absolute atomic E-state index is 0.0214. The third-order valence-electron chi connectivity index (χ3n) is 5.53. The molecule has 2 aromatic carbocycles. The van der Waals surface area contributed by atoms with E-state index in [2.05, 4.69) is 19.2 Å². The van der Waals surface area contributed by atoms with Gasteiger partial charge in [-0.05, 0) is 55.7 Å². The predicted molar refractivity (Wildman–Crippen MR) is 117 cm³/mol. The summed E-state index contributed by atoms with van der Waals surface area (Å²) in [5.41, 5.74) is 2.51. The predicted octanol–water partition coefficient (Wildman–Crippen LogP) is 4.17. The molecule has 0 aliphatic carbocycles. The highest BCUT2D eigenvalue weighted by atomic mass is 16.5. The minimum Gasteiger partial charge on any atom is -0.497 e. The summed E-state index contributed by atoms with van der Waals surface area (Å²) in [4.78, 5) is 27.3. The molecule has 1 N–H and O–H groups in total. The van der Waals surface area contributed by atoms with Gasteiger partial charge in [-0.1, -0.05) is 26.0 Å². The summed E-state index contributed by atoms with van der Waals surface area (Å²) >= 11 is 0. The smallest absolute Gasteiger partial charge is 0.264 e. The lowest BCUT2D eigenvalue weighted by molar-refractivity contribution is -0.140. The van der Waals surface area contributed by atoms with Gasteiger partial charge in [0.1, 0.15) is 11.5 Å². The molecule has 0 aromatic heterocycles. The highest BCUT2D eigenvalue weighted by Gasteiger charge is 2.32. The molecule has 0 unspecified atom stereocenters. The number of nitrogens with one attached hydrogen (secondary N) is 1. The fourth-order valence-corrected chi connectivity index (χ4v) is 3.53. The van der Waals surface area contributed by atoms with Crippen molar-refractivity contribution in [1.82, 2.24) is 4.90 Å². The summed E-state index contributed by atoms with van der Waals surface area (Å²) in [6.45, 7) is 6.55. The van der Waals surface area contributed by atoms with E-state index in [4.69, 9.17) is 9.47 Å². The summed E-state index contributed by atoms with van der Waals surface area (Å²) in [5.74, 6) is 1.38. The second-order valence-electron chi connectivity index (χ2n) is 7.63. The molecule has 0 saturated carbocycles. The first kappa shape index (κ1) is 21.7. The summed E-state index contributed by atoms with van der Waals surface area (Å²) in [5, 5.41) is 2.95. The van der Waals surface area contributed by atoms with Gasteiger partial charge in [0.05, 0.1) is 13.5 Å². The van der Waals surface area contributed by atoms with Crippen molar-refractivity contribution in [3.05, 3.63) is 53.6 Å². The zero-order valence-electron chi connectivity index (χ0n) is 18.1. The Balaban J connectivity index is 1.75. The molecule has 30 heavy (non-hydrogen) atoms. The first-order valence-corrected chi connectivity index (χ1v) is 10.5. The summed E-state index contributed by atoms with van der Waals surface area (Å²) in [6.07, 6.45) is 1.28. The zero-order chi connectivity index (χ0) is 21.7. The van der Waals surface area contributed by atoms with Gasteiger partial charge in [-0.2, -0.15) is 0 Å². The van der Waals surface area contributed by atoms with Crippen molar-refractivity contribution in [1.29, 1.82) is 0 Å².